The van der Waals surface area contributed by atoms with Crippen LogP contribution in [0.15, 0.2) is 0 Å². The summed E-state index contributed by atoms with van der Waals surface area (Å²) in [6.45, 7) is 8.95. The Labute approximate surface area is 163 Å². The topological polar surface area (TPSA) is 73.9 Å². The van der Waals surface area contributed by atoms with Crippen LogP contribution in [0.1, 0.15) is 65.7 Å². The Morgan fingerprint density at radius 2 is 1.89 bits per heavy atom. The molecule has 2 heterocycles. The van der Waals surface area contributed by atoms with Crippen molar-refractivity contribution in [2.24, 2.45) is 0 Å². The van der Waals surface area contributed by atoms with Gasteiger partial charge in [-0.2, -0.15) is 0 Å². The summed E-state index contributed by atoms with van der Waals surface area (Å²) in [4.78, 5) is 29.0. The maximum absolute atomic E-state index is 12.8. The van der Waals surface area contributed by atoms with Crippen LogP contribution in [0.5, 0.6) is 0 Å². The second kappa shape index (κ2) is 8.67. The Balaban J connectivity index is 1.59. The Hall–Kier alpha value is -1.50. The third-order valence-corrected chi connectivity index (χ3v) is 5.94. The van der Waals surface area contributed by atoms with E-state index in [0.717, 1.165) is 64.6 Å². The van der Waals surface area contributed by atoms with Gasteiger partial charge in [-0.15, -0.1) is 0 Å². The highest BCUT2D eigenvalue weighted by molar-refractivity contribution is 5.75. The first-order chi connectivity index (χ1) is 12.9. The molecular weight excluding hydrogens is 344 g/mol. The predicted molar refractivity (Wildman–Crippen MR) is 105 cm³/mol. The summed E-state index contributed by atoms with van der Waals surface area (Å²) >= 11 is 0. The molecule has 7 nitrogen and oxygen atoms in total. The maximum atomic E-state index is 12.8. The second-order valence-corrected chi connectivity index (χ2v) is 8.64. The maximum Gasteiger partial charge on any atom is 0.318 e. The van der Waals surface area contributed by atoms with Crippen LogP contribution in [0, 0.1) is 0 Å². The van der Waals surface area contributed by atoms with Gasteiger partial charge in [0.1, 0.15) is 0 Å². The van der Waals surface area contributed by atoms with Crippen LogP contribution in [-0.2, 0) is 4.74 Å². The smallest absolute Gasteiger partial charge is 0.318 e. The molecule has 3 aliphatic rings. The molecule has 0 aromatic rings. The minimum absolute atomic E-state index is 0.0370. The summed E-state index contributed by atoms with van der Waals surface area (Å²) in [7, 11) is 0. The number of nitrogens with one attached hydrogen (secondary N) is 2. The largest absolute Gasteiger partial charge is 0.375 e. The first-order valence-corrected chi connectivity index (χ1v) is 10.7. The van der Waals surface area contributed by atoms with Crippen molar-refractivity contribution >= 4 is 12.1 Å². The van der Waals surface area contributed by atoms with Gasteiger partial charge < -0.3 is 25.2 Å². The average Bonchev–Trinajstić information content (AvgIpc) is 3.45. The van der Waals surface area contributed by atoms with Gasteiger partial charge in [-0.25, -0.2) is 9.59 Å². The van der Waals surface area contributed by atoms with Gasteiger partial charge >= 0.3 is 12.1 Å². The zero-order valence-electron chi connectivity index (χ0n) is 17.1. The van der Waals surface area contributed by atoms with Gasteiger partial charge in [-0.05, 0) is 58.8 Å². The lowest BCUT2D eigenvalue weighted by Crippen LogP contribution is -2.58. The highest BCUT2D eigenvalue weighted by atomic mass is 16.5. The van der Waals surface area contributed by atoms with Crippen LogP contribution in [0.2, 0.25) is 0 Å². The van der Waals surface area contributed by atoms with E-state index in [9.17, 15) is 9.59 Å². The fraction of sp³-hybridized carbons (Fsp3) is 0.900. The van der Waals surface area contributed by atoms with Crippen molar-refractivity contribution in [2.75, 3.05) is 26.2 Å². The average molecular weight is 381 g/mol. The minimum atomic E-state index is -0.185. The first kappa shape index (κ1) is 20.2. The van der Waals surface area contributed by atoms with Crippen LogP contribution >= 0.6 is 0 Å². The van der Waals surface area contributed by atoms with E-state index in [0.29, 0.717) is 12.6 Å². The molecule has 0 aromatic heterocycles. The zero-order chi connectivity index (χ0) is 19.4. The molecule has 3 rings (SSSR count). The molecule has 1 atom stereocenters. The SMILES string of the molecule is CCCNC(=O)N1CCC2(CC1)CC(N(C(=O)NC(C)C)C1CC1)CCO2. The van der Waals surface area contributed by atoms with Gasteiger partial charge in [-0.1, -0.05) is 6.92 Å². The molecule has 1 unspecified atom stereocenters. The van der Waals surface area contributed by atoms with Crippen molar-refractivity contribution in [1.82, 2.24) is 20.4 Å². The number of rotatable bonds is 5. The lowest BCUT2D eigenvalue weighted by Gasteiger charge is -2.48. The molecule has 0 bridgehead atoms. The number of carbonyl (C=O) groups excluding carboxylic acids is 2. The molecule has 2 aliphatic heterocycles. The summed E-state index contributed by atoms with van der Waals surface area (Å²) < 4.78 is 6.24. The molecule has 2 N–H and O–H groups in total. The summed E-state index contributed by atoms with van der Waals surface area (Å²) in [6.07, 6.45) is 6.68. The van der Waals surface area contributed by atoms with E-state index in [1.54, 1.807) is 0 Å². The lowest BCUT2D eigenvalue weighted by molar-refractivity contribution is -0.125. The number of hydrogen-bond donors (Lipinski definition) is 2. The highest BCUT2D eigenvalue weighted by Crippen LogP contribution is 2.40. The third-order valence-electron chi connectivity index (χ3n) is 5.94. The highest BCUT2D eigenvalue weighted by Gasteiger charge is 2.46. The second-order valence-electron chi connectivity index (χ2n) is 8.64. The van der Waals surface area contributed by atoms with Crippen LogP contribution in [0.4, 0.5) is 9.59 Å². The number of likely N-dealkylation sites (tertiary alicyclic amines) is 1. The molecule has 2 saturated heterocycles. The fourth-order valence-electron chi connectivity index (χ4n) is 4.35. The number of nitrogens with zero attached hydrogens (tertiary/aromatic N) is 2. The minimum Gasteiger partial charge on any atom is -0.375 e. The van der Waals surface area contributed by atoms with Gasteiger partial charge in [0, 0.05) is 44.4 Å². The summed E-state index contributed by atoms with van der Waals surface area (Å²) in [5, 5.41) is 6.04. The zero-order valence-corrected chi connectivity index (χ0v) is 17.1. The Bertz CT molecular complexity index is 527. The van der Waals surface area contributed by atoms with Gasteiger partial charge in [0.05, 0.1) is 5.60 Å². The van der Waals surface area contributed by atoms with Crippen LogP contribution in [0.3, 0.4) is 0 Å². The molecular formula is C20H36N4O3. The number of urea groups is 2. The van der Waals surface area contributed by atoms with Crippen molar-refractivity contribution in [3.8, 4) is 0 Å². The quantitative estimate of drug-likeness (QED) is 0.770. The van der Waals surface area contributed by atoms with Gasteiger partial charge in [0.2, 0.25) is 0 Å². The number of ether oxygens (including phenoxy) is 1. The first-order valence-electron chi connectivity index (χ1n) is 10.7. The van der Waals surface area contributed by atoms with E-state index in [1.807, 2.05) is 18.7 Å². The summed E-state index contributed by atoms with van der Waals surface area (Å²) in [6, 6.07) is 0.896. The van der Waals surface area contributed by atoms with E-state index >= 15 is 0 Å². The van der Waals surface area contributed by atoms with Crippen LogP contribution < -0.4 is 10.6 Å². The van der Waals surface area contributed by atoms with Gasteiger partial charge in [0.25, 0.3) is 0 Å². The number of piperidine rings is 1. The predicted octanol–water partition coefficient (Wildman–Crippen LogP) is 2.70. The number of hydrogen-bond acceptors (Lipinski definition) is 3. The Morgan fingerprint density at radius 1 is 1.19 bits per heavy atom. The standard InChI is InChI=1S/C20H36N4O3/c1-4-10-21-18(25)23-11-8-20(9-12-23)14-17(7-13-27-20)24(16-5-6-16)19(26)22-15(2)3/h15-17H,4-14H2,1-3H3,(H,21,25)(H,22,26). The Morgan fingerprint density at radius 3 is 2.48 bits per heavy atom. The molecule has 3 fully saturated rings. The molecule has 27 heavy (non-hydrogen) atoms. The number of amides is 4. The van der Waals surface area contributed by atoms with E-state index < -0.39 is 0 Å². The molecule has 0 aromatic carbocycles. The van der Waals surface area contributed by atoms with Crippen LogP contribution in [0.25, 0.3) is 0 Å². The normalized spacial score (nSPS) is 24.7. The Kier molecular flexibility index (Phi) is 6.50. The molecule has 1 saturated carbocycles. The molecule has 0 radical (unpaired) electrons. The lowest BCUT2D eigenvalue weighted by atomic mass is 9.82. The van der Waals surface area contributed by atoms with Crippen molar-refractivity contribution in [1.29, 1.82) is 0 Å². The molecule has 1 aliphatic carbocycles. The molecule has 4 amide bonds. The van der Waals surface area contributed by atoms with E-state index in [4.69, 9.17) is 4.74 Å². The van der Waals surface area contributed by atoms with E-state index in [-0.39, 0.29) is 29.7 Å². The fourth-order valence-corrected chi connectivity index (χ4v) is 4.35. The summed E-state index contributed by atoms with van der Waals surface area (Å²) in [5.74, 6) is 0. The summed E-state index contributed by atoms with van der Waals surface area (Å²) in [5.41, 5.74) is -0.185. The van der Waals surface area contributed by atoms with Crippen molar-refractivity contribution in [2.45, 2.75) is 89.4 Å². The molecule has 154 valence electrons. The van der Waals surface area contributed by atoms with Gasteiger partial charge in [0.15, 0.2) is 0 Å². The van der Waals surface area contributed by atoms with Crippen LogP contribution in [-0.4, -0.2) is 71.8 Å². The van der Waals surface area contributed by atoms with Crippen molar-refractivity contribution in [3.05, 3.63) is 0 Å². The monoisotopic (exact) mass is 380 g/mol. The number of carbonyl (C=O) groups is 2. The molecule has 1 spiro atoms. The van der Waals surface area contributed by atoms with Gasteiger partial charge in [-0.3, -0.25) is 0 Å². The molecule has 7 heteroatoms. The van der Waals surface area contributed by atoms with Crippen molar-refractivity contribution in [3.63, 3.8) is 0 Å². The van der Waals surface area contributed by atoms with Crippen molar-refractivity contribution < 1.29 is 14.3 Å². The van der Waals surface area contributed by atoms with E-state index in [1.165, 1.54) is 0 Å². The third kappa shape index (κ3) is 5.06. The van der Waals surface area contributed by atoms with E-state index in [2.05, 4.69) is 22.5 Å².